The smallest absolute Gasteiger partial charge is 0.416 e. The van der Waals surface area contributed by atoms with Gasteiger partial charge >= 0.3 is 6.18 Å². The number of fused-ring (bicyclic) bond motifs is 1. The molecule has 1 aliphatic heterocycles. The second-order valence-corrected chi connectivity index (χ2v) is 6.33. The van der Waals surface area contributed by atoms with E-state index in [1.165, 1.54) is 6.07 Å². The number of aromatic nitrogens is 3. The highest BCUT2D eigenvalue weighted by atomic mass is 19.4. The van der Waals surface area contributed by atoms with Crippen molar-refractivity contribution in [3.8, 4) is 17.0 Å². The van der Waals surface area contributed by atoms with Crippen LogP contribution in [0.25, 0.3) is 11.3 Å². The highest BCUT2D eigenvalue weighted by Crippen LogP contribution is 2.45. The summed E-state index contributed by atoms with van der Waals surface area (Å²) >= 11 is 0. The van der Waals surface area contributed by atoms with Crippen molar-refractivity contribution < 1.29 is 23.0 Å². The molecule has 0 amide bonds. The van der Waals surface area contributed by atoms with Crippen molar-refractivity contribution >= 4 is 5.95 Å². The second-order valence-electron chi connectivity index (χ2n) is 6.33. The molecule has 0 bridgehead atoms. The van der Waals surface area contributed by atoms with Crippen LogP contribution in [0.15, 0.2) is 18.2 Å². The first-order valence-corrected chi connectivity index (χ1v) is 7.81. The fourth-order valence-electron chi connectivity index (χ4n) is 3.22. The molecular weight excluding hydrogens is 337 g/mol. The van der Waals surface area contributed by atoms with Gasteiger partial charge in [-0.05, 0) is 25.1 Å². The SMILES string of the molecule is Cc1nc(NC2[C@H]3COC[C@@H]23)nnc1-c1ccc(C(F)(F)F)cc1O. The summed E-state index contributed by atoms with van der Waals surface area (Å²) in [5.41, 5.74) is -0.0486. The van der Waals surface area contributed by atoms with Gasteiger partial charge in [0.1, 0.15) is 11.4 Å². The van der Waals surface area contributed by atoms with Crippen LogP contribution in [0.2, 0.25) is 0 Å². The van der Waals surface area contributed by atoms with E-state index < -0.39 is 17.5 Å². The number of aromatic hydroxyl groups is 1. The monoisotopic (exact) mass is 352 g/mol. The number of ether oxygens (including phenoxy) is 1. The number of aryl methyl sites for hydroxylation is 1. The third-order valence-electron chi connectivity index (χ3n) is 4.69. The van der Waals surface area contributed by atoms with Crippen LogP contribution in [-0.4, -0.2) is 39.5 Å². The largest absolute Gasteiger partial charge is 0.507 e. The van der Waals surface area contributed by atoms with Crippen LogP contribution in [-0.2, 0) is 10.9 Å². The van der Waals surface area contributed by atoms with Gasteiger partial charge in [-0.1, -0.05) is 0 Å². The Morgan fingerprint density at radius 2 is 1.92 bits per heavy atom. The van der Waals surface area contributed by atoms with Crippen molar-refractivity contribution in [2.24, 2.45) is 11.8 Å². The van der Waals surface area contributed by atoms with Crippen LogP contribution >= 0.6 is 0 Å². The molecule has 0 radical (unpaired) electrons. The summed E-state index contributed by atoms with van der Waals surface area (Å²) in [6.45, 7) is 3.13. The summed E-state index contributed by atoms with van der Waals surface area (Å²) in [6.07, 6.45) is -4.52. The first kappa shape index (κ1) is 16.1. The molecule has 3 atom stereocenters. The standard InChI is InChI=1S/C16H15F3N4O2/c1-7-13(9-3-2-8(4-12(9)24)16(17,18)19)22-23-15(20-7)21-14-10-5-25-6-11(10)14/h2-4,10-11,14,24H,5-6H2,1H3,(H,20,21,23)/t10-,11+,14?. The third kappa shape index (κ3) is 2.88. The van der Waals surface area contributed by atoms with Crippen molar-refractivity contribution in [1.82, 2.24) is 15.2 Å². The van der Waals surface area contributed by atoms with E-state index in [4.69, 9.17) is 4.74 Å². The van der Waals surface area contributed by atoms with Crippen LogP contribution in [0, 0.1) is 18.8 Å². The van der Waals surface area contributed by atoms with Gasteiger partial charge in [0.2, 0.25) is 5.95 Å². The van der Waals surface area contributed by atoms with Gasteiger partial charge in [-0.2, -0.15) is 13.2 Å². The molecule has 1 aromatic heterocycles. The average molecular weight is 352 g/mol. The number of nitrogens with zero attached hydrogens (tertiary/aromatic N) is 3. The molecule has 2 fully saturated rings. The topological polar surface area (TPSA) is 80.2 Å². The molecule has 2 aromatic rings. The third-order valence-corrected chi connectivity index (χ3v) is 4.69. The minimum absolute atomic E-state index is 0.161. The van der Waals surface area contributed by atoms with Crippen molar-refractivity contribution in [2.75, 3.05) is 18.5 Å². The van der Waals surface area contributed by atoms with Gasteiger partial charge < -0.3 is 15.2 Å². The summed E-state index contributed by atoms with van der Waals surface area (Å²) in [4.78, 5) is 4.31. The van der Waals surface area contributed by atoms with E-state index in [1.54, 1.807) is 6.92 Å². The molecular formula is C16H15F3N4O2. The van der Waals surface area contributed by atoms with Gasteiger partial charge in [0, 0.05) is 23.4 Å². The Balaban J connectivity index is 1.56. The Morgan fingerprint density at radius 3 is 2.52 bits per heavy atom. The molecule has 25 heavy (non-hydrogen) atoms. The van der Waals surface area contributed by atoms with E-state index in [-0.39, 0.29) is 17.3 Å². The Morgan fingerprint density at radius 1 is 1.20 bits per heavy atom. The van der Waals surface area contributed by atoms with Crippen molar-refractivity contribution in [3.05, 3.63) is 29.5 Å². The van der Waals surface area contributed by atoms with Crippen LogP contribution in [0.5, 0.6) is 5.75 Å². The number of phenolic OH excluding ortho intramolecular Hbond substituents is 1. The maximum atomic E-state index is 12.7. The van der Waals surface area contributed by atoms with E-state index in [0.717, 1.165) is 19.3 Å². The zero-order valence-corrected chi connectivity index (χ0v) is 13.2. The van der Waals surface area contributed by atoms with Crippen LogP contribution < -0.4 is 5.32 Å². The molecule has 9 heteroatoms. The summed E-state index contributed by atoms with van der Waals surface area (Å²) < 4.78 is 43.4. The lowest BCUT2D eigenvalue weighted by molar-refractivity contribution is -0.137. The molecule has 1 aliphatic carbocycles. The highest BCUT2D eigenvalue weighted by molar-refractivity contribution is 5.69. The molecule has 2 aliphatic rings. The summed E-state index contributed by atoms with van der Waals surface area (Å²) in [5, 5.41) is 21.2. The minimum atomic E-state index is -4.52. The second kappa shape index (κ2) is 5.55. The van der Waals surface area contributed by atoms with Crippen molar-refractivity contribution in [3.63, 3.8) is 0 Å². The lowest BCUT2D eigenvalue weighted by Crippen LogP contribution is -2.15. The van der Waals surface area contributed by atoms with Gasteiger partial charge in [-0.15, -0.1) is 10.2 Å². The Hall–Kier alpha value is -2.42. The first-order chi connectivity index (χ1) is 11.8. The molecule has 1 saturated carbocycles. The highest BCUT2D eigenvalue weighted by Gasteiger charge is 2.54. The normalized spacial score (nSPS) is 24.9. The molecule has 1 saturated heterocycles. The summed E-state index contributed by atoms with van der Waals surface area (Å²) in [5.74, 6) is 0.806. The number of hydrogen-bond donors (Lipinski definition) is 2. The summed E-state index contributed by atoms with van der Waals surface area (Å²) in [6, 6.07) is 3.02. The summed E-state index contributed by atoms with van der Waals surface area (Å²) in [7, 11) is 0. The van der Waals surface area contributed by atoms with Crippen molar-refractivity contribution in [1.29, 1.82) is 0 Å². The number of alkyl halides is 3. The number of phenols is 1. The lowest BCUT2D eigenvalue weighted by atomic mass is 10.1. The zero-order chi connectivity index (χ0) is 17.8. The van der Waals surface area contributed by atoms with E-state index >= 15 is 0 Å². The molecule has 4 rings (SSSR count). The first-order valence-electron chi connectivity index (χ1n) is 7.81. The Labute approximate surface area is 141 Å². The van der Waals surface area contributed by atoms with Gasteiger partial charge in [-0.3, -0.25) is 0 Å². The van der Waals surface area contributed by atoms with Crippen molar-refractivity contribution in [2.45, 2.75) is 19.1 Å². The van der Waals surface area contributed by atoms with E-state index in [0.29, 0.717) is 29.5 Å². The van der Waals surface area contributed by atoms with Crippen LogP contribution in [0.3, 0.4) is 0 Å². The van der Waals surface area contributed by atoms with Gasteiger partial charge in [0.05, 0.1) is 24.5 Å². The zero-order valence-electron chi connectivity index (χ0n) is 13.2. The number of rotatable bonds is 3. The molecule has 2 N–H and O–H groups in total. The van der Waals surface area contributed by atoms with Gasteiger partial charge in [-0.25, -0.2) is 4.98 Å². The molecule has 0 spiro atoms. The maximum absolute atomic E-state index is 12.7. The average Bonchev–Trinajstić information content (AvgIpc) is 2.97. The molecule has 2 heterocycles. The number of halogens is 3. The number of hydrogen-bond acceptors (Lipinski definition) is 6. The van der Waals surface area contributed by atoms with E-state index in [2.05, 4.69) is 20.5 Å². The number of benzene rings is 1. The molecule has 1 unspecified atom stereocenters. The van der Waals surface area contributed by atoms with E-state index in [9.17, 15) is 18.3 Å². The predicted octanol–water partition coefficient (Wildman–Crippen LogP) is 2.63. The lowest BCUT2D eigenvalue weighted by Gasteiger charge is -2.12. The van der Waals surface area contributed by atoms with Gasteiger partial charge in [0.25, 0.3) is 0 Å². The molecule has 6 nitrogen and oxygen atoms in total. The molecule has 132 valence electrons. The van der Waals surface area contributed by atoms with Gasteiger partial charge in [0.15, 0.2) is 0 Å². The fraction of sp³-hybridized carbons (Fsp3) is 0.438. The molecule has 1 aromatic carbocycles. The van der Waals surface area contributed by atoms with Crippen LogP contribution in [0.1, 0.15) is 11.3 Å². The Kier molecular flexibility index (Phi) is 3.57. The Bertz CT molecular complexity index is 818. The minimum Gasteiger partial charge on any atom is -0.507 e. The number of nitrogens with one attached hydrogen (secondary N) is 1. The fourth-order valence-corrected chi connectivity index (χ4v) is 3.22. The predicted molar refractivity (Wildman–Crippen MR) is 81.9 cm³/mol. The van der Waals surface area contributed by atoms with Crippen LogP contribution in [0.4, 0.5) is 19.1 Å². The maximum Gasteiger partial charge on any atom is 0.416 e. The number of anilines is 1. The quantitative estimate of drug-likeness (QED) is 0.884. The van der Waals surface area contributed by atoms with E-state index in [1.807, 2.05) is 0 Å².